The highest BCUT2D eigenvalue weighted by Gasteiger charge is 2.12. The van der Waals surface area contributed by atoms with E-state index < -0.39 is 0 Å². The second-order valence-corrected chi connectivity index (χ2v) is 7.45. The number of nitrogens with zero attached hydrogens (tertiary/aromatic N) is 3. The first kappa shape index (κ1) is 21.4. The van der Waals surface area contributed by atoms with E-state index in [0.717, 1.165) is 17.3 Å². The zero-order valence-corrected chi connectivity index (χ0v) is 17.8. The number of benzene rings is 2. The van der Waals surface area contributed by atoms with Gasteiger partial charge in [0.15, 0.2) is 16.8 Å². The molecule has 30 heavy (non-hydrogen) atoms. The van der Waals surface area contributed by atoms with Gasteiger partial charge in [-0.05, 0) is 55.5 Å². The van der Waals surface area contributed by atoms with Crippen molar-refractivity contribution in [2.75, 3.05) is 23.5 Å². The smallest absolute Gasteiger partial charge is 0.234 e. The number of Topliss-reactive ketones (excluding diaryl/α,β-unsaturated/α-hetero) is 1. The number of nitrogens with one attached hydrogen (secondary N) is 2. The fraction of sp³-hybridized carbons (Fsp3) is 0.238. The number of hydrogen-bond donors (Lipinski definition) is 2. The molecule has 0 aliphatic carbocycles. The van der Waals surface area contributed by atoms with Crippen LogP contribution in [0, 0.1) is 0 Å². The molecule has 1 heterocycles. The Hall–Kier alpha value is -3.33. The van der Waals surface area contributed by atoms with Crippen LogP contribution in [-0.4, -0.2) is 39.3 Å². The van der Waals surface area contributed by atoms with Gasteiger partial charge in [-0.2, -0.15) is 0 Å². The molecule has 0 aliphatic heterocycles. The molecule has 3 rings (SSSR count). The van der Waals surface area contributed by atoms with Crippen LogP contribution in [-0.2, 0) is 18.4 Å². The number of ketones is 1. The number of amides is 1. The molecule has 156 valence electrons. The molecule has 2 N–H and O–H groups in total. The number of thioether (sulfide) groups is 1. The van der Waals surface area contributed by atoms with Gasteiger partial charge in [-0.25, -0.2) is 0 Å². The van der Waals surface area contributed by atoms with Crippen LogP contribution in [0.4, 0.5) is 11.4 Å². The van der Waals surface area contributed by atoms with Crippen molar-refractivity contribution in [3.05, 3.63) is 59.9 Å². The van der Waals surface area contributed by atoms with E-state index in [1.807, 2.05) is 35.9 Å². The number of hydrogen-bond acceptors (Lipinski definition) is 7. The van der Waals surface area contributed by atoms with Gasteiger partial charge in [0.2, 0.25) is 5.91 Å². The van der Waals surface area contributed by atoms with Gasteiger partial charge < -0.3 is 19.9 Å². The molecule has 0 unspecified atom stereocenters. The van der Waals surface area contributed by atoms with Crippen molar-refractivity contribution in [1.29, 1.82) is 0 Å². The van der Waals surface area contributed by atoms with E-state index in [9.17, 15) is 9.59 Å². The maximum absolute atomic E-state index is 12.2. The Morgan fingerprint density at radius 3 is 2.33 bits per heavy atom. The predicted molar refractivity (Wildman–Crippen MR) is 117 cm³/mol. The Balaban J connectivity index is 1.50. The summed E-state index contributed by atoms with van der Waals surface area (Å²) in [6.07, 6.45) is 0. The van der Waals surface area contributed by atoms with Crippen molar-refractivity contribution in [1.82, 2.24) is 14.8 Å². The summed E-state index contributed by atoms with van der Waals surface area (Å²) >= 11 is 1.31. The molecule has 0 fully saturated rings. The molecular weight excluding hydrogens is 402 g/mol. The van der Waals surface area contributed by atoms with Crippen LogP contribution >= 0.6 is 11.8 Å². The Labute approximate surface area is 179 Å². The van der Waals surface area contributed by atoms with E-state index in [-0.39, 0.29) is 17.4 Å². The highest BCUT2D eigenvalue weighted by Crippen LogP contribution is 2.19. The van der Waals surface area contributed by atoms with Gasteiger partial charge in [0.1, 0.15) is 5.75 Å². The molecule has 0 saturated heterocycles. The standard InChI is InChI=1S/C21H23N5O3S/c1-14(27)15-4-6-17(7-5-15)23-20(28)13-30-21-25-24-19(26(21)2)12-22-16-8-10-18(29-3)11-9-16/h4-11,22H,12-13H2,1-3H3,(H,23,28). The van der Waals surface area contributed by atoms with Crippen molar-refractivity contribution < 1.29 is 14.3 Å². The predicted octanol–water partition coefficient (Wildman–Crippen LogP) is 3.37. The molecule has 0 bridgehead atoms. The molecule has 3 aromatic rings. The van der Waals surface area contributed by atoms with Crippen molar-refractivity contribution in [3.63, 3.8) is 0 Å². The summed E-state index contributed by atoms with van der Waals surface area (Å²) in [6.45, 7) is 2.01. The third-order valence-electron chi connectivity index (χ3n) is 4.37. The van der Waals surface area contributed by atoms with E-state index in [0.29, 0.717) is 23.0 Å². The second kappa shape index (κ2) is 9.93. The molecule has 0 saturated carbocycles. The Morgan fingerprint density at radius 2 is 1.70 bits per heavy atom. The van der Waals surface area contributed by atoms with Crippen molar-refractivity contribution in [2.24, 2.45) is 7.05 Å². The summed E-state index contributed by atoms with van der Waals surface area (Å²) < 4.78 is 7.01. The fourth-order valence-electron chi connectivity index (χ4n) is 2.63. The maximum Gasteiger partial charge on any atom is 0.234 e. The third-order valence-corrected chi connectivity index (χ3v) is 5.39. The van der Waals surface area contributed by atoms with Crippen molar-refractivity contribution in [2.45, 2.75) is 18.6 Å². The lowest BCUT2D eigenvalue weighted by Crippen LogP contribution is -2.14. The number of rotatable bonds is 9. The molecule has 9 heteroatoms. The van der Waals surface area contributed by atoms with E-state index in [4.69, 9.17) is 4.74 Å². The normalized spacial score (nSPS) is 10.5. The van der Waals surface area contributed by atoms with Crippen LogP contribution in [0.2, 0.25) is 0 Å². The van der Waals surface area contributed by atoms with Gasteiger partial charge in [-0.3, -0.25) is 9.59 Å². The lowest BCUT2D eigenvalue weighted by atomic mass is 10.1. The zero-order chi connectivity index (χ0) is 21.5. The summed E-state index contributed by atoms with van der Waals surface area (Å²) in [4.78, 5) is 23.5. The van der Waals surface area contributed by atoms with Gasteiger partial charge in [0, 0.05) is 24.0 Å². The summed E-state index contributed by atoms with van der Waals surface area (Å²) in [5.74, 6) is 1.59. The molecule has 8 nitrogen and oxygen atoms in total. The number of anilines is 2. The molecule has 2 aromatic carbocycles. The van der Waals surface area contributed by atoms with Crippen LogP contribution in [0.25, 0.3) is 0 Å². The Bertz CT molecular complexity index is 1020. The lowest BCUT2D eigenvalue weighted by Gasteiger charge is -2.08. The quantitative estimate of drug-likeness (QED) is 0.401. The van der Waals surface area contributed by atoms with Gasteiger partial charge >= 0.3 is 0 Å². The molecule has 0 atom stereocenters. The summed E-state index contributed by atoms with van der Waals surface area (Å²) in [5, 5.41) is 15.1. The average molecular weight is 426 g/mol. The first-order chi connectivity index (χ1) is 14.5. The average Bonchev–Trinajstić information content (AvgIpc) is 3.11. The number of aromatic nitrogens is 3. The van der Waals surface area contributed by atoms with E-state index in [1.165, 1.54) is 18.7 Å². The summed E-state index contributed by atoms with van der Waals surface area (Å²) in [6, 6.07) is 14.4. The van der Waals surface area contributed by atoms with Crippen molar-refractivity contribution >= 4 is 34.8 Å². The fourth-order valence-corrected chi connectivity index (χ4v) is 3.36. The molecule has 1 amide bonds. The van der Waals surface area contributed by atoms with Crippen LogP contribution in [0.15, 0.2) is 53.7 Å². The minimum atomic E-state index is -0.156. The number of carbonyl (C=O) groups is 2. The second-order valence-electron chi connectivity index (χ2n) is 6.51. The first-order valence-electron chi connectivity index (χ1n) is 9.26. The van der Waals surface area contributed by atoms with Gasteiger partial charge in [-0.1, -0.05) is 11.8 Å². The van der Waals surface area contributed by atoms with Gasteiger partial charge in [0.05, 0.1) is 19.4 Å². The third kappa shape index (κ3) is 5.60. The zero-order valence-electron chi connectivity index (χ0n) is 17.0. The van der Waals surface area contributed by atoms with Crippen molar-refractivity contribution in [3.8, 4) is 5.75 Å². The first-order valence-corrected chi connectivity index (χ1v) is 10.2. The molecule has 0 radical (unpaired) electrons. The number of ether oxygens (including phenoxy) is 1. The van der Waals surface area contributed by atoms with Crippen LogP contribution in [0.3, 0.4) is 0 Å². The minimum absolute atomic E-state index is 0.0111. The maximum atomic E-state index is 12.2. The van der Waals surface area contributed by atoms with E-state index >= 15 is 0 Å². The van der Waals surface area contributed by atoms with Crippen LogP contribution in [0.5, 0.6) is 5.75 Å². The van der Waals surface area contributed by atoms with Crippen LogP contribution < -0.4 is 15.4 Å². The number of methoxy groups -OCH3 is 1. The summed E-state index contributed by atoms with van der Waals surface area (Å²) in [7, 11) is 3.50. The number of carbonyl (C=O) groups excluding carboxylic acids is 2. The highest BCUT2D eigenvalue weighted by atomic mass is 32.2. The Morgan fingerprint density at radius 1 is 1.03 bits per heavy atom. The molecule has 0 aliphatic rings. The van der Waals surface area contributed by atoms with E-state index in [1.54, 1.807) is 31.4 Å². The SMILES string of the molecule is COc1ccc(NCc2nnc(SCC(=O)Nc3ccc(C(C)=O)cc3)n2C)cc1. The largest absolute Gasteiger partial charge is 0.497 e. The van der Waals surface area contributed by atoms with Gasteiger partial charge in [-0.15, -0.1) is 10.2 Å². The molecular formula is C21H23N5O3S. The molecule has 0 spiro atoms. The lowest BCUT2D eigenvalue weighted by molar-refractivity contribution is -0.113. The minimum Gasteiger partial charge on any atom is -0.497 e. The van der Waals surface area contributed by atoms with Gasteiger partial charge in [0.25, 0.3) is 0 Å². The molecule has 1 aromatic heterocycles. The summed E-state index contributed by atoms with van der Waals surface area (Å²) in [5.41, 5.74) is 2.20. The topological polar surface area (TPSA) is 98.1 Å². The monoisotopic (exact) mass is 425 g/mol. The highest BCUT2D eigenvalue weighted by molar-refractivity contribution is 7.99. The van der Waals surface area contributed by atoms with E-state index in [2.05, 4.69) is 20.8 Å². The Kier molecular flexibility index (Phi) is 7.08. The van der Waals surface area contributed by atoms with Crippen LogP contribution in [0.1, 0.15) is 23.1 Å².